The van der Waals surface area contributed by atoms with E-state index in [9.17, 15) is 27.1 Å². The molecular formula is C26H26F5NO3. The van der Waals surface area contributed by atoms with Gasteiger partial charge in [0.2, 0.25) is 0 Å². The zero-order valence-corrected chi connectivity index (χ0v) is 19.0. The molecule has 0 spiro atoms. The Balaban J connectivity index is 1.69. The van der Waals surface area contributed by atoms with Crippen molar-refractivity contribution >= 4 is 5.69 Å². The largest absolute Gasteiger partial charge is 0.573 e. The molecule has 9 heteroatoms. The lowest BCUT2D eigenvalue weighted by Crippen LogP contribution is -2.47. The Morgan fingerprint density at radius 3 is 2.63 bits per heavy atom. The summed E-state index contributed by atoms with van der Waals surface area (Å²) in [7, 11) is 0. The van der Waals surface area contributed by atoms with Crippen molar-refractivity contribution in [3.8, 4) is 16.9 Å². The van der Waals surface area contributed by atoms with Crippen LogP contribution in [0.4, 0.5) is 27.6 Å². The molecule has 0 saturated heterocycles. The molecule has 4 rings (SSSR count). The van der Waals surface area contributed by atoms with Crippen molar-refractivity contribution in [1.29, 1.82) is 0 Å². The molecule has 0 saturated carbocycles. The lowest BCUT2D eigenvalue weighted by Gasteiger charge is -2.44. The zero-order valence-electron chi connectivity index (χ0n) is 19.0. The van der Waals surface area contributed by atoms with Crippen LogP contribution in [0.5, 0.6) is 5.75 Å². The van der Waals surface area contributed by atoms with Crippen LogP contribution < -0.4 is 9.64 Å². The summed E-state index contributed by atoms with van der Waals surface area (Å²) < 4.78 is 72.4. The molecule has 1 aliphatic carbocycles. The summed E-state index contributed by atoms with van der Waals surface area (Å²) in [4.78, 5) is 2.07. The highest BCUT2D eigenvalue weighted by molar-refractivity contribution is 5.76. The third-order valence-electron chi connectivity index (χ3n) is 6.18. The van der Waals surface area contributed by atoms with Gasteiger partial charge in [-0.1, -0.05) is 30.3 Å². The molecule has 0 bridgehead atoms. The highest BCUT2D eigenvalue weighted by Gasteiger charge is 2.34. The van der Waals surface area contributed by atoms with Gasteiger partial charge in [0, 0.05) is 24.2 Å². The van der Waals surface area contributed by atoms with Crippen LogP contribution in [0.25, 0.3) is 11.1 Å². The number of hydrogen-bond acceptors (Lipinski definition) is 4. The maximum absolute atomic E-state index is 12.7. The number of ether oxygens (including phenoxy) is 2. The summed E-state index contributed by atoms with van der Waals surface area (Å²) >= 11 is 0. The van der Waals surface area contributed by atoms with E-state index in [1.54, 1.807) is 25.1 Å². The summed E-state index contributed by atoms with van der Waals surface area (Å²) in [5.74, 6) is -0.282. The normalized spacial score (nSPS) is 20.9. The standard InChI is InChI=1S/C26H26F5NO3/c1-16(33)15-32-23(18-6-3-7-19(14-18)34-25(27)28)12-11-22-21(9-4-10-24(22)32)17-5-2-8-20(13-17)35-26(29,30)31/h2-5,7-10,13-14,16,18,23,25,33H,6,11-12,15H2,1H3/t16-,18?,23-/m1/s1. The van der Waals surface area contributed by atoms with Crippen molar-refractivity contribution in [3.63, 3.8) is 0 Å². The summed E-state index contributed by atoms with van der Waals surface area (Å²) in [5, 5.41) is 10.2. The topological polar surface area (TPSA) is 41.9 Å². The quantitative estimate of drug-likeness (QED) is 0.448. The van der Waals surface area contributed by atoms with E-state index in [1.807, 2.05) is 18.2 Å². The van der Waals surface area contributed by atoms with Crippen LogP contribution in [0.15, 0.2) is 66.5 Å². The van der Waals surface area contributed by atoms with E-state index in [1.165, 1.54) is 24.3 Å². The average Bonchev–Trinajstić information content (AvgIpc) is 2.77. The highest BCUT2D eigenvalue weighted by Crippen LogP contribution is 2.42. The second-order valence-electron chi connectivity index (χ2n) is 8.74. The van der Waals surface area contributed by atoms with Gasteiger partial charge in [-0.3, -0.25) is 0 Å². The monoisotopic (exact) mass is 495 g/mol. The maximum atomic E-state index is 12.7. The molecule has 188 valence electrons. The molecule has 1 aliphatic heterocycles. The van der Waals surface area contributed by atoms with Crippen molar-refractivity contribution in [2.75, 3.05) is 11.4 Å². The number of hydrogen-bond donors (Lipinski definition) is 1. The second-order valence-corrected chi connectivity index (χ2v) is 8.74. The first-order valence-corrected chi connectivity index (χ1v) is 11.4. The van der Waals surface area contributed by atoms with Crippen LogP contribution >= 0.6 is 0 Å². The average molecular weight is 495 g/mol. The van der Waals surface area contributed by atoms with Gasteiger partial charge in [0.1, 0.15) is 11.5 Å². The van der Waals surface area contributed by atoms with Gasteiger partial charge in [-0.25, -0.2) is 0 Å². The van der Waals surface area contributed by atoms with Crippen LogP contribution in [0.2, 0.25) is 0 Å². The van der Waals surface area contributed by atoms with Gasteiger partial charge in [-0.2, -0.15) is 8.78 Å². The van der Waals surface area contributed by atoms with Gasteiger partial charge in [0.05, 0.1) is 6.10 Å². The van der Waals surface area contributed by atoms with Crippen LogP contribution in [0.3, 0.4) is 0 Å². The number of alkyl halides is 5. The van der Waals surface area contributed by atoms with E-state index in [-0.39, 0.29) is 23.5 Å². The lowest BCUT2D eigenvalue weighted by atomic mass is 9.81. The Morgan fingerprint density at radius 1 is 1.14 bits per heavy atom. The van der Waals surface area contributed by atoms with Crippen molar-refractivity contribution in [1.82, 2.24) is 0 Å². The Bertz CT molecular complexity index is 1100. The highest BCUT2D eigenvalue weighted by atomic mass is 19.4. The number of halogens is 5. The first-order valence-electron chi connectivity index (χ1n) is 11.4. The van der Waals surface area contributed by atoms with E-state index in [2.05, 4.69) is 14.4 Å². The van der Waals surface area contributed by atoms with E-state index >= 15 is 0 Å². The Kier molecular flexibility index (Phi) is 7.35. The number of allylic oxidation sites excluding steroid dienone is 2. The second kappa shape index (κ2) is 10.3. The number of nitrogens with zero attached hydrogens (tertiary/aromatic N) is 1. The predicted octanol–water partition coefficient (Wildman–Crippen LogP) is 6.45. The van der Waals surface area contributed by atoms with E-state index < -0.39 is 19.1 Å². The molecule has 4 nitrogen and oxygen atoms in total. The molecule has 1 unspecified atom stereocenters. The Labute approximate surface area is 200 Å². The Hall–Kier alpha value is -3.07. The van der Waals surface area contributed by atoms with E-state index in [0.717, 1.165) is 16.8 Å². The molecule has 1 N–H and O–H groups in total. The van der Waals surface area contributed by atoms with Crippen molar-refractivity contribution in [2.45, 2.75) is 51.3 Å². The van der Waals surface area contributed by atoms with Gasteiger partial charge in [0.25, 0.3) is 0 Å². The summed E-state index contributed by atoms with van der Waals surface area (Å²) in [6.45, 7) is -0.920. The minimum absolute atomic E-state index is 0.0755. The number of fused-ring (bicyclic) bond motifs is 1. The van der Waals surface area contributed by atoms with E-state index in [4.69, 9.17) is 0 Å². The fourth-order valence-electron chi connectivity index (χ4n) is 4.95. The summed E-state index contributed by atoms with van der Waals surface area (Å²) in [6.07, 6.45) is 1.55. The fourth-order valence-corrected chi connectivity index (χ4v) is 4.95. The number of anilines is 1. The van der Waals surface area contributed by atoms with Crippen molar-refractivity contribution < 1.29 is 36.5 Å². The zero-order chi connectivity index (χ0) is 25.2. The molecule has 3 atom stereocenters. The molecule has 35 heavy (non-hydrogen) atoms. The van der Waals surface area contributed by atoms with Crippen LogP contribution in [-0.2, 0) is 11.2 Å². The first kappa shape index (κ1) is 25.0. The van der Waals surface area contributed by atoms with Gasteiger partial charge in [-0.15, -0.1) is 13.2 Å². The summed E-state index contributed by atoms with van der Waals surface area (Å²) in [6, 6.07) is 11.4. The van der Waals surface area contributed by atoms with Crippen LogP contribution in [0, 0.1) is 5.92 Å². The van der Waals surface area contributed by atoms with Gasteiger partial charge in [0.15, 0.2) is 0 Å². The minimum atomic E-state index is -4.79. The third kappa shape index (κ3) is 6.14. The fraction of sp³-hybridized carbons (Fsp3) is 0.385. The number of aliphatic hydroxyl groups is 1. The number of benzene rings is 2. The van der Waals surface area contributed by atoms with Crippen molar-refractivity contribution in [3.05, 3.63) is 72.0 Å². The van der Waals surface area contributed by atoms with Crippen LogP contribution in [-0.4, -0.2) is 36.8 Å². The van der Waals surface area contributed by atoms with Gasteiger partial charge in [-0.05, 0) is 73.2 Å². The molecule has 2 aliphatic rings. The van der Waals surface area contributed by atoms with Crippen molar-refractivity contribution in [2.24, 2.45) is 5.92 Å². The minimum Gasteiger partial charge on any atom is -0.435 e. The number of aliphatic hydroxyl groups excluding tert-OH is 1. The third-order valence-corrected chi connectivity index (χ3v) is 6.18. The SMILES string of the molecule is C[C@@H](O)CN1c2cccc(-c3cccc(OC(F)(F)F)c3)c2CC[C@@H]1C1C=C(OC(F)F)C=CC1. The molecule has 0 amide bonds. The smallest absolute Gasteiger partial charge is 0.435 e. The van der Waals surface area contributed by atoms with Gasteiger partial charge >= 0.3 is 13.0 Å². The first-order chi connectivity index (χ1) is 16.6. The summed E-state index contributed by atoms with van der Waals surface area (Å²) in [5.41, 5.74) is 3.19. The molecule has 2 aromatic rings. The maximum Gasteiger partial charge on any atom is 0.573 e. The van der Waals surface area contributed by atoms with Crippen LogP contribution in [0.1, 0.15) is 25.3 Å². The molecular weight excluding hydrogens is 469 g/mol. The molecule has 0 aromatic heterocycles. The number of rotatable bonds is 7. The molecule has 2 aromatic carbocycles. The van der Waals surface area contributed by atoms with E-state index in [0.29, 0.717) is 31.4 Å². The molecule has 1 heterocycles. The lowest BCUT2D eigenvalue weighted by molar-refractivity contribution is -0.274. The number of β-amino-alcohol motifs (C(OH)–C–C–N with tert-alkyl or cyclic N) is 1. The molecule has 0 fully saturated rings. The van der Waals surface area contributed by atoms with Gasteiger partial charge < -0.3 is 19.5 Å². The Morgan fingerprint density at radius 2 is 1.91 bits per heavy atom. The molecule has 0 radical (unpaired) electrons. The predicted molar refractivity (Wildman–Crippen MR) is 122 cm³/mol.